The quantitative estimate of drug-likeness (QED) is 0.471. The highest BCUT2D eigenvalue weighted by Crippen LogP contribution is 2.33. The number of aromatic nitrogens is 1. The molecule has 2 N–H and O–H groups in total. The predicted molar refractivity (Wildman–Crippen MR) is 137 cm³/mol. The van der Waals surface area contributed by atoms with E-state index in [4.69, 9.17) is 16.3 Å². The zero-order valence-electron chi connectivity index (χ0n) is 19.8. The van der Waals surface area contributed by atoms with Gasteiger partial charge in [-0.2, -0.15) is 0 Å². The summed E-state index contributed by atoms with van der Waals surface area (Å²) in [5, 5.41) is 3.46. The first-order chi connectivity index (χ1) is 17.1. The van der Waals surface area contributed by atoms with E-state index in [1.54, 1.807) is 12.1 Å². The number of esters is 1. The second kappa shape index (κ2) is 10.4. The normalized spacial score (nSPS) is 15.1. The number of hydrogen-bond donors (Lipinski definition) is 2. The van der Waals surface area contributed by atoms with Crippen molar-refractivity contribution in [1.82, 2.24) is 14.6 Å². The lowest BCUT2D eigenvalue weighted by Crippen LogP contribution is -2.42. The Kier molecular flexibility index (Phi) is 7.49. The molecule has 1 aromatic heterocycles. The molecule has 3 aromatic rings. The Bertz CT molecular complexity index is 1480. The number of amides is 1. The summed E-state index contributed by atoms with van der Waals surface area (Å²) < 4.78 is 29.7. The molecule has 0 bridgehead atoms. The van der Waals surface area contributed by atoms with Gasteiger partial charge in [0.25, 0.3) is 0 Å². The van der Waals surface area contributed by atoms with Crippen molar-refractivity contribution in [2.24, 2.45) is 5.92 Å². The van der Waals surface area contributed by atoms with E-state index in [1.165, 1.54) is 11.4 Å². The monoisotopic (exact) mass is 531 g/mol. The molecule has 0 unspecified atom stereocenters. The number of fused-ring (bicyclic) bond motifs is 1. The van der Waals surface area contributed by atoms with Crippen LogP contribution in [0.1, 0.15) is 28.9 Å². The lowest BCUT2D eigenvalue weighted by molar-refractivity contribution is -0.126. The Morgan fingerprint density at radius 1 is 1.14 bits per heavy atom. The van der Waals surface area contributed by atoms with E-state index < -0.39 is 27.3 Å². The average Bonchev–Trinajstić information content (AvgIpc) is 2.87. The molecule has 0 radical (unpaired) electrons. The number of H-pyrrole nitrogens is 1. The fraction of sp³-hybridized carbons (Fsp3) is 0.320. The molecule has 2 aromatic carbocycles. The van der Waals surface area contributed by atoms with Gasteiger partial charge in [-0.1, -0.05) is 41.9 Å². The Morgan fingerprint density at radius 2 is 1.81 bits per heavy atom. The van der Waals surface area contributed by atoms with Crippen molar-refractivity contribution < 1.29 is 22.7 Å². The van der Waals surface area contributed by atoms with Crippen molar-refractivity contribution in [1.29, 1.82) is 0 Å². The molecule has 0 saturated carbocycles. The van der Waals surface area contributed by atoms with Gasteiger partial charge in [-0.15, -0.1) is 0 Å². The molecule has 1 amide bonds. The minimum absolute atomic E-state index is 0.0672. The van der Waals surface area contributed by atoms with E-state index in [9.17, 15) is 22.8 Å². The number of carbonyl (C=O) groups is 2. The molecule has 9 nitrogen and oxygen atoms in total. The number of piperidine rings is 1. The van der Waals surface area contributed by atoms with Crippen LogP contribution >= 0.6 is 11.6 Å². The van der Waals surface area contributed by atoms with Gasteiger partial charge in [0, 0.05) is 36.5 Å². The third-order valence-corrected chi connectivity index (χ3v) is 8.03. The number of nitrogens with one attached hydrogen (secondary N) is 2. The van der Waals surface area contributed by atoms with Crippen LogP contribution in [0.15, 0.2) is 47.3 Å². The summed E-state index contributed by atoms with van der Waals surface area (Å²) in [4.78, 5) is 42.0. The molecule has 0 spiro atoms. The number of sulfonamides is 1. The van der Waals surface area contributed by atoms with E-state index in [0.717, 1.165) is 11.8 Å². The molecule has 1 saturated heterocycles. The number of benzene rings is 2. The van der Waals surface area contributed by atoms with Gasteiger partial charge in [-0.3, -0.25) is 9.59 Å². The standard InChI is InChI=1S/C25H26ClN3O6S/c1-35-25(32)22-18(14-27-24(31)16-10-12-29(13-11-16)36(2,33)34)23(30)17-8-9-19(26)20(21(17)28-22)15-6-4-3-5-7-15/h3-9,16H,10-14H2,1-2H3,(H,27,31)(H,28,30). The van der Waals surface area contributed by atoms with E-state index in [-0.39, 0.29) is 36.8 Å². The molecular weight excluding hydrogens is 506 g/mol. The number of pyridine rings is 1. The number of methoxy groups -OCH3 is 1. The van der Waals surface area contributed by atoms with Crippen molar-refractivity contribution in [3.8, 4) is 11.1 Å². The fourth-order valence-corrected chi connectivity index (χ4v) is 5.62. The molecule has 1 fully saturated rings. The van der Waals surface area contributed by atoms with Crippen LogP contribution in [0.3, 0.4) is 0 Å². The van der Waals surface area contributed by atoms with Crippen LogP contribution in [0.4, 0.5) is 0 Å². The summed E-state index contributed by atoms with van der Waals surface area (Å²) in [6.07, 6.45) is 1.88. The van der Waals surface area contributed by atoms with Crippen LogP contribution in [-0.2, 0) is 26.1 Å². The van der Waals surface area contributed by atoms with Gasteiger partial charge < -0.3 is 15.0 Å². The highest BCUT2D eigenvalue weighted by molar-refractivity contribution is 7.88. The van der Waals surface area contributed by atoms with Gasteiger partial charge in [-0.25, -0.2) is 17.5 Å². The Balaban J connectivity index is 1.67. The maximum atomic E-state index is 13.5. The third kappa shape index (κ3) is 5.16. The van der Waals surface area contributed by atoms with Crippen molar-refractivity contribution in [2.75, 3.05) is 26.5 Å². The van der Waals surface area contributed by atoms with E-state index in [1.807, 2.05) is 30.3 Å². The molecule has 11 heteroatoms. The summed E-state index contributed by atoms with van der Waals surface area (Å²) in [5.74, 6) is -1.45. The Hall–Kier alpha value is -3.21. The third-order valence-electron chi connectivity index (χ3n) is 6.41. The van der Waals surface area contributed by atoms with Crippen LogP contribution in [0.5, 0.6) is 0 Å². The zero-order valence-corrected chi connectivity index (χ0v) is 21.4. The van der Waals surface area contributed by atoms with Crippen LogP contribution in [0.2, 0.25) is 5.02 Å². The molecule has 36 heavy (non-hydrogen) atoms. The lowest BCUT2D eigenvalue weighted by Gasteiger charge is -2.29. The van der Waals surface area contributed by atoms with Crippen LogP contribution < -0.4 is 10.7 Å². The zero-order chi connectivity index (χ0) is 26.0. The van der Waals surface area contributed by atoms with Crippen molar-refractivity contribution in [2.45, 2.75) is 19.4 Å². The maximum Gasteiger partial charge on any atom is 0.354 e. The van der Waals surface area contributed by atoms with Crippen LogP contribution in [0.25, 0.3) is 22.0 Å². The van der Waals surface area contributed by atoms with Crippen molar-refractivity contribution in [3.05, 3.63) is 69.0 Å². The minimum atomic E-state index is -3.31. The van der Waals surface area contributed by atoms with Gasteiger partial charge >= 0.3 is 5.97 Å². The number of rotatable bonds is 6. The summed E-state index contributed by atoms with van der Waals surface area (Å²) in [6, 6.07) is 12.4. The summed E-state index contributed by atoms with van der Waals surface area (Å²) in [5.41, 5.74) is 1.30. The van der Waals surface area contributed by atoms with Crippen LogP contribution in [0, 0.1) is 5.92 Å². The molecule has 2 heterocycles. The number of ether oxygens (including phenoxy) is 1. The number of halogens is 1. The van der Waals surface area contributed by atoms with Gasteiger partial charge in [0.2, 0.25) is 15.9 Å². The van der Waals surface area contributed by atoms with Crippen LogP contribution in [-0.4, -0.2) is 56.0 Å². The smallest absolute Gasteiger partial charge is 0.354 e. The first-order valence-corrected chi connectivity index (χ1v) is 13.6. The van der Waals surface area contributed by atoms with Crippen molar-refractivity contribution >= 4 is 44.4 Å². The SMILES string of the molecule is COC(=O)c1[nH]c2c(-c3ccccc3)c(Cl)ccc2c(=O)c1CNC(=O)C1CCN(S(C)(=O)=O)CC1. The fourth-order valence-electron chi connectivity index (χ4n) is 4.47. The molecule has 1 aliphatic heterocycles. The molecule has 190 valence electrons. The first kappa shape index (κ1) is 25.9. The van der Waals surface area contributed by atoms with E-state index in [0.29, 0.717) is 34.3 Å². The number of carbonyl (C=O) groups excluding carboxylic acids is 2. The molecule has 1 aliphatic rings. The maximum absolute atomic E-state index is 13.5. The highest BCUT2D eigenvalue weighted by Gasteiger charge is 2.29. The molecular formula is C25H26ClN3O6S. The second-order valence-corrected chi connectivity index (χ2v) is 11.1. The van der Waals surface area contributed by atoms with Gasteiger partial charge in [0.05, 0.1) is 29.5 Å². The largest absolute Gasteiger partial charge is 0.464 e. The van der Waals surface area contributed by atoms with E-state index >= 15 is 0 Å². The van der Waals surface area contributed by atoms with Gasteiger partial charge in [0.15, 0.2) is 5.43 Å². The number of aromatic amines is 1. The minimum Gasteiger partial charge on any atom is -0.464 e. The topological polar surface area (TPSA) is 126 Å². The highest BCUT2D eigenvalue weighted by atomic mass is 35.5. The number of nitrogens with zero attached hydrogens (tertiary/aromatic N) is 1. The van der Waals surface area contributed by atoms with Gasteiger partial charge in [0.1, 0.15) is 5.69 Å². The molecule has 0 aliphatic carbocycles. The lowest BCUT2D eigenvalue weighted by atomic mass is 9.97. The molecule has 0 atom stereocenters. The average molecular weight is 532 g/mol. The Labute approximate surface area is 213 Å². The molecule has 4 rings (SSSR count). The van der Waals surface area contributed by atoms with Crippen molar-refractivity contribution in [3.63, 3.8) is 0 Å². The summed E-state index contributed by atoms with van der Waals surface area (Å²) in [7, 11) is -2.10. The number of hydrogen-bond acceptors (Lipinski definition) is 6. The summed E-state index contributed by atoms with van der Waals surface area (Å²) >= 11 is 6.49. The predicted octanol–water partition coefficient (Wildman–Crippen LogP) is 2.92. The van der Waals surface area contributed by atoms with Gasteiger partial charge in [-0.05, 0) is 30.5 Å². The summed E-state index contributed by atoms with van der Waals surface area (Å²) in [6.45, 7) is 0.317. The first-order valence-electron chi connectivity index (χ1n) is 11.4. The second-order valence-electron chi connectivity index (χ2n) is 8.66. The Morgan fingerprint density at radius 3 is 2.42 bits per heavy atom. The van der Waals surface area contributed by atoms with E-state index in [2.05, 4.69) is 10.3 Å².